The van der Waals surface area contributed by atoms with Gasteiger partial charge in [0.15, 0.2) is 0 Å². The van der Waals surface area contributed by atoms with Crippen LogP contribution in [0, 0.1) is 0 Å². The molecule has 0 aliphatic carbocycles. The van der Waals surface area contributed by atoms with Gasteiger partial charge in [0, 0.05) is 12.6 Å². The highest BCUT2D eigenvalue weighted by molar-refractivity contribution is 5.68. The molecule has 1 rings (SSSR count). The Kier molecular flexibility index (Phi) is 4.19. The van der Waals surface area contributed by atoms with Gasteiger partial charge >= 0.3 is 6.09 Å². The van der Waals surface area contributed by atoms with Crippen molar-refractivity contribution < 1.29 is 14.6 Å². The van der Waals surface area contributed by atoms with E-state index in [0.717, 1.165) is 12.8 Å². The first-order chi connectivity index (χ1) is 7.29. The Morgan fingerprint density at radius 1 is 1.44 bits per heavy atom. The van der Waals surface area contributed by atoms with E-state index < -0.39 is 5.60 Å². The lowest BCUT2D eigenvalue weighted by atomic mass is 10.1. The zero-order valence-corrected chi connectivity index (χ0v) is 10.7. The fourth-order valence-electron chi connectivity index (χ4n) is 1.95. The molecule has 0 radical (unpaired) electrons. The Balaban J connectivity index is 2.60. The maximum Gasteiger partial charge on any atom is 0.410 e. The summed E-state index contributed by atoms with van der Waals surface area (Å²) in [7, 11) is 0. The van der Waals surface area contributed by atoms with Crippen molar-refractivity contribution in [3.63, 3.8) is 0 Å². The van der Waals surface area contributed by atoms with Crippen LogP contribution in [0.2, 0.25) is 0 Å². The van der Waals surface area contributed by atoms with E-state index in [2.05, 4.69) is 0 Å². The van der Waals surface area contributed by atoms with Gasteiger partial charge in [0.25, 0.3) is 0 Å². The molecule has 1 amide bonds. The quantitative estimate of drug-likeness (QED) is 0.692. The van der Waals surface area contributed by atoms with Gasteiger partial charge in [0.05, 0.1) is 6.10 Å². The molecule has 1 heterocycles. The zero-order valence-electron chi connectivity index (χ0n) is 10.7. The molecule has 4 heteroatoms. The van der Waals surface area contributed by atoms with Gasteiger partial charge in [-0.2, -0.15) is 0 Å². The van der Waals surface area contributed by atoms with E-state index in [9.17, 15) is 9.90 Å². The summed E-state index contributed by atoms with van der Waals surface area (Å²) in [6, 6.07) is 0.0485. The van der Waals surface area contributed by atoms with Gasteiger partial charge in [-0.1, -0.05) is 0 Å². The normalized spacial score (nSPS) is 27.4. The van der Waals surface area contributed by atoms with E-state index >= 15 is 0 Å². The third kappa shape index (κ3) is 4.00. The largest absolute Gasteiger partial charge is 0.444 e. The Hall–Kier alpha value is -0.770. The molecule has 1 N–H and O–H groups in total. The van der Waals surface area contributed by atoms with Gasteiger partial charge in [0.2, 0.25) is 0 Å². The lowest BCUT2D eigenvalue weighted by Gasteiger charge is -2.30. The standard InChI is InChI=1S/C12H23NO3/c1-9-8-10(14)6-5-7-13(9)11(15)16-12(2,3)4/h9-10,14H,5-8H2,1-4H3/t9-,10?/m0/s1. The van der Waals surface area contributed by atoms with Crippen LogP contribution in [0.15, 0.2) is 0 Å². The van der Waals surface area contributed by atoms with Crippen molar-refractivity contribution in [1.82, 2.24) is 4.90 Å². The summed E-state index contributed by atoms with van der Waals surface area (Å²) in [5, 5.41) is 9.61. The van der Waals surface area contributed by atoms with Crippen molar-refractivity contribution in [3.05, 3.63) is 0 Å². The van der Waals surface area contributed by atoms with Crippen molar-refractivity contribution in [2.45, 2.75) is 64.7 Å². The molecular weight excluding hydrogens is 206 g/mol. The van der Waals surface area contributed by atoms with Crippen molar-refractivity contribution in [1.29, 1.82) is 0 Å². The molecule has 16 heavy (non-hydrogen) atoms. The van der Waals surface area contributed by atoms with Gasteiger partial charge in [0.1, 0.15) is 5.60 Å². The van der Waals surface area contributed by atoms with Crippen molar-refractivity contribution in [3.8, 4) is 0 Å². The number of likely N-dealkylation sites (tertiary alicyclic amines) is 1. The molecule has 0 aromatic heterocycles. The molecule has 94 valence electrons. The topological polar surface area (TPSA) is 49.8 Å². The molecule has 1 saturated heterocycles. The number of aliphatic hydroxyl groups excluding tert-OH is 1. The van der Waals surface area contributed by atoms with E-state index in [-0.39, 0.29) is 18.2 Å². The number of ether oxygens (including phenoxy) is 1. The highest BCUT2D eigenvalue weighted by Crippen LogP contribution is 2.19. The van der Waals surface area contributed by atoms with Crippen LogP contribution >= 0.6 is 0 Å². The predicted molar refractivity (Wildman–Crippen MR) is 62.3 cm³/mol. The van der Waals surface area contributed by atoms with Crippen molar-refractivity contribution >= 4 is 6.09 Å². The Morgan fingerprint density at radius 3 is 2.62 bits per heavy atom. The minimum absolute atomic E-state index is 0.0485. The zero-order chi connectivity index (χ0) is 12.3. The molecule has 4 nitrogen and oxygen atoms in total. The second kappa shape index (κ2) is 5.04. The van der Waals surface area contributed by atoms with E-state index in [1.165, 1.54) is 0 Å². The van der Waals surface area contributed by atoms with Crippen LogP contribution in [0.5, 0.6) is 0 Å². The molecule has 0 saturated carbocycles. The molecule has 2 atom stereocenters. The fourth-order valence-corrected chi connectivity index (χ4v) is 1.95. The van der Waals surface area contributed by atoms with Gasteiger partial charge in [-0.3, -0.25) is 0 Å². The second-order valence-corrected chi connectivity index (χ2v) is 5.55. The first kappa shape index (κ1) is 13.3. The van der Waals surface area contributed by atoms with Crippen LogP contribution in [0.25, 0.3) is 0 Å². The van der Waals surface area contributed by atoms with E-state index in [4.69, 9.17) is 4.74 Å². The summed E-state index contributed by atoms with van der Waals surface area (Å²) in [6.45, 7) is 8.22. The fraction of sp³-hybridized carbons (Fsp3) is 0.917. The smallest absolute Gasteiger partial charge is 0.410 e. The van der Waals surface area contributed by atoms with E-state index in [1.54, 1.807) is 4.90 Å². The number of carbonyl (C=O) groups excluding carboxylic acids is 1. The molecule has 1 fully saturated rings. The number of amides is 1. The van der Waals surface area contributed by atoms with Crippen LogP contribution in [0.4, 0.5) is 4.79 Å². The Labute approximate surface area is 97.6 Å². The third-order valence-corrected chi connectivity index (χ3v) is 2.71. The first-order valence-electron chi connectivity index (χ1n) is 5.97. The van der Waals surface area contributed by atoms with Gasteiger partial charge in [-0.15, -0.1) is 0 Å². The summed E-state index contributed by atoms with van der Waals surface area (Å²) in [5.74, 6) is 0. The molecule has 0 aromatic rings. The summed E-state index contributed by atoms with van der Waals surface area (Å²) in [6.07, 6.45) is 1.68. The van der Waals surface area contributed by atoms with Crippen molar-refractivity contribution in [2.24, 2.45) is 0 Å². The van der Waals surface area contributed by atoms with E-state index in [1.807, 2.05) is 27.7 Å². The Bertz CT molecular complexity index is 247. The van der Waals surface area contributed by atoms with Crippen LogP contribution in [-0.2, 0) is 4.74 Å². The van der Waals surface area contributed by atoms with E-state index in [0.29, 0.717) is 13.0 Å². The lowest BCUT2D eigenvalue weighted by molar-refractivity contribution is 0.0166. The lowest BCUT2D eigenvalue weighted by Crippen LogP contribution is -2.42. The van der Waals surface area contributed by atoms with Gasteiger partial charge in [-0.25, -0.2) is 4.79 Å². The molecule has 0 aromatic carbocycles. The summed E-state index contributed by atoms with van der Waals surface area (Å²) in [5.41, 5.74) is -0.457. The molecule has 1 aliphatic heterocycles. The molecular formula is C12H23NO3. The average molecular weight is 229 g/mol. The van der Waals surface area contributed by atoms with Gasteiger partial charge in [-0.05, 0) is 47.0 Å². The molecule has 0 spiro atoms. The number of hydrogen-bond donors (Lipinski definition) is 1. The monoisotopic (exact) mass is 229 g/mol. The highest BCUT2D eigenvalue weighted by Gasteiger charge is 2.29. The summed E-state index contributed by atoms with van der Waals surface area (Å²) >= 11 is 0. The van der Waals surface area contributed by atoms with Crippen LogP contribution in [0.1, 0.15) is 47.0 Å². The minimum Gasteiger partial charge on any atom is -0.444 e. The third-order valence-electron chi connectivity index (χ3n) is 2.71. The summed E-state index contributed by atoms with van der Waals surface area (Å²) in [4.78, 5) is 13.6. The van der Waals surface area contributed by atoms with Crippen LogP contribution in [0.3, 0.4) is 0 Å². The SMILES string of the molecule is C[C@H]1CC(O)CCCN1C(=O)OC(C)(C)C. The highest BCUT2D eigenvalue weighted by atomic mass is 16.6. The Morgan fingerprint density at radius 2 is 2.06 bits per heavy atom. The minimum atomic E-state index is -0.457. The molecule has 0 bridgehead atoms. The number of aliphatic hydroxyl groups is 1. The number of carbonyl (C=O) groups is 1. The predicted octanol–water partition coefficient (Wildman–Crippen LogP) is 2.16. The van der Waals surface area contributed by atoms with Crippen molar-refractivity contribution in [2.75, 3.05) is 6.54 Å². The maximum atomic E-state index is 11.9. The number of nitrogens with zero attached hydrogens (tertiary/aromatic N) is 1. The van der Waals surface area contributed by atoms with Crippen LogP contribution in [-0.4, -0.2) is 40.4 Å². The number of rotatable bonds is 0. The summed E-state index contributed by atoms with van der Waals surface area (Å²) < 4.78 is 5.34. The van der Waals surface area contributed by atoms with Crippen LogP contribution < -0.4 is 0 Å². The average Bonchev–Trinajstić information content (AvgIpc) is 2.23. The maximum absolute atomic E-state index is 11.9. The molecule has 1 unspecified atom stereocenters. The molecule has 1 aliphatic rings. The second-order valence-electron chi connectivity index (χ2n) is 5.55. The first-order valence-corrected chi connectivity index (χ1v) is 5.97. The van der Waals surface area contributed by atoms with Gasteiger partial charge < -0.3 is 14.7 Å². The number of hydrogen-bond acceptors (Lipinski definition) is 3.